The normalized spacial score (nSPS) is 13.8. The lowest BCUT2D eigenvalue weighted by Crippen LogP contribution is -2.26. The van der Waals surface area contributed by atoms with Crippen molar-refractivity contribution in [1.82, 2.24) is 0 Å². The number of hydrogen-bond donors (Lipinski definition) is 0. The quantitative estimate of drug-likeness (QED) is 0.566. The van der Waals surface area contributed by atoms with Crippen molar-refractivity contribution in [3.05, 3.63) is 22.3 Å². The van der Waals surface area contributed by atoms with E-state index in [9.17, 15) is 0 Å². The summed E-state index contributed by atoms with van der Waals surface area (Å²) in [5, 5.41) is 0. The van der Waals surface area contributed by atoms with Gasteiger partial charge in [0.2, 0.25) is 11.2 Å². The first kappa shape index (κ1) is 17.2. The first-order valence-electron chi connectivity index (χ1n) is 8.46. The Bertz CT molecular complexity index is 667. The van der Waals surface area contributed by atoms with Crippen molar-refractivity contribution in [1.29, 1.82) is 0 Å². The molecular formula is C20H32O2. The monoisotopic (exact) mass is 304 g/mol. The lowest BCUT2D eigenvalue weighted by atomic mass is 9.69. The van der Waals surface area contributed by atoms with E-state index in [2.05, 4.69) is 69.2 Å². The minimum absolute atomic E-state index is 0.0234. The Morgan fingerprint density at radius 3 is 1.27 bits per heavy atom. The fourth-order valence-electron chi connectivity index (χ4n) is 3.62. The van der Waals surface area contributed by atoms with E-state index >= 15 is 0 Å². The van der Waals surface area contributed by atoms with Gasteiger partial charge in [-0.3, -0.25) is 9.15 Å². The van der Waals surface area contributed by atoms with Crippen LogP contribution in [0.4, 0.5) is 0 Å². The largest absolute Gasteiger partial charge is 0.285 e. The fraction of sp³-hybridized carbons (Fsp3) is 0.700. The standard InChI is InChI=1S/C20H32O2/c1-11(2)13-14(12(3)4)17-18(22-21-17)16(20(8,9)10)15(13)19(5,6)7/h11-12H,1-10H3. The van der Waals surface area contributed by atoms with E-state index < -0.39 is 0 Å². The van der Waals surface area contributed by atoms with E-state index in [0.29, 0.717) is 11.8 Å². The maximum Gasteiger partial charge on any atom is 0.230 e. The lowest BCUT2D eigenvalue weighted by Gasteiger charge is -2.36. The molecule has 0 saturated carbocycles. The molecule has 2 nitrogen and oxygen atoms in total. The van der Waals surface area contributed by atoms with Crippen molar-refractivity contribution >= 4 is 11.2 Å². The van der Waals surface area contributed by atoms with Gasteiger partial charge in [-0.05, 0) is 33.8 Å². The molecule has 1 aromatic carbocycles. The number of fused-ring (bicyclic) bond motifs is 1. The van der Waals surface area contributed by atoms with Gasteiger partial charge in [-0.25, -0.2) is 0 Å². The Morgan fingerprint density at radius 2 is 1.00 bits per heavy atom. The van der Waals surface area contributed by atoms with Crippen molar-refractivity contribution in [2.75, 3.05) is 0 Å². The van der Waals surface area contributed by atoms with Crippen molar-refractivity contribution in [3.8, 4) is 0 Å². The van der Waals surface area contributed by atoms with E-state index in [1.54, 1.807) is 0 Å². The summed E-state index contributed by atoms with van der Waals surface area (Å²) in [6, 6.07) is 0. The Hall–Kier alpha value is -1.18. The first-order valence-corrected chi connectivity index (χ1v) is 8.46. The zero-order chi connectivity index (χ0) is 17.0. The SMILES string of the molecule is CC(C)c1c(C(C)(C)C)c(C(C)(C)C)c2ooc2c1C(C)C. The molecule has 0 radical (unpaired) electrons. The van der Waals surface area contributed by atoms with Gasteiger partial charge in [-0.2, -0.15) is 0 Å². The van der Waals surface area contributed by atoms with Crippen molar-refractivity contribution in [2.45, 2.75) is 91.9 Å². The molecule has 1 heterocycles. The highest BCUT2D eigenvalue weighted by Crippen LogP contribution is 2.48. The molecule has 1 aromatic heterocycles. The van der Waals surface area contributed by atoms with Crippen LogP contribution in [-0.2, 0) is 10.8 Å². The van der Waals surface area contributed by atoms with Gasteiger partial charge in [0.15, 0.2) is 0 Å². The summed E-state index contributed by atoms with van der Waals surface area (Å²) in [6.07, 6.45) is 0. The molecule has 0 atom stereocenters. The second kappa shape index (κ2) is 5.18. The highest BCUT2D eigenvalue weighted by Gasteiger charge is 2.37. The zero-order valence-corrected chi connectivity index (χ0v) is 16.0. The predicted molar refractivity (Wildman–Crippen MR) is 94.1 cm³/mol. The molecule has 0 aliphatic rings. The molecule has 0 aliphatic carbocycles. The van der Waals surface area contributed by atoms with Crippen LogP contribution in [0.3, 0.4) is 0 Å². The maximum absolute atomic E-state index is 5.50. The summed E-state index contributed by atoms with van der Waals surface area (Å²) in [5.41, 5.74) is 7.57. The van der Waals surface area contributed by atoms with Crippen LogP contribution in [0.15, 0.2) is 9.15 Å². The molecule has 0 N–H and O–H groups in total. The van der Waals surface area contributed by atoms with Gasteiger partial charge in [0, 0.05) is 11.1 Å². The average molecular weight is 304 g/mol. The van der Waals surface area contributed by atoms with Crippen LogP contribution in [-0.4, -0.2) is 0 Å². The van der Waals surface area contributed by atoms with Crippen LogP contribution in [0.2, 0.25) is 0 Å². The minimum Gasteiger partial charge on any atom is -0.285 e. The molecule has 0 bridgehead atoms. The Kier molecular flexibility index (Phi) is 4.04. The minimum atomic E-state index is 0.0234. The molecular weight excluding hydrogens is 272 g/mol. The average Bonchev–Trinajstić information content (AvgIpc) is 2.25. The van der Waals surface area contributed by atoms with Gasteiger partial charge in [0.25, 0.3) is 0 Å². The fourth-order valence-corrected chi connectivity index (χ4v) is 3.62. The van der Waals surface area contributed by atoms with Crippen LogP contribution in [0.5, 0.6) is 0 Å². The smallest absolute Gasteiger partial charge is 0.230 e. The molecule has 2 rings (SSSR count). The topological polar surface area (TPSA) is 26.3 Å². The predicted octanol–water partition coefficient (Wildman–Crippen LogP) is 6.87. The molecule has 0 fully saturated rings. The Balaban J connectivity index is 3.06. The van der Waals surface area contributed by atoms with Crippen molar-refractivity contribution in [2.24, 2.45) is 0 Å². The third-order valence-electron chi connectivity index (χ3n) is 4.35. The molecule has 0 aliphatic heterocycles. The van der Waals surface area contributed by atoms with Gasteiger partial charge >= 0.3 is 0 Å². The van der Waals surface area contributed by atoms with E-state index in [0.717, 1.165) is 11.2 Å². The van der Waals surface area contributed by atoms with Gasteiger partial charge in [0.1, 0.15) is 0 Å². The van der Waals surface area contributed by atoms with Crippen LogP contribution in [0.1, 0.15) is 103 Å². The summed E-state index contributed by atoms with van der Waals surface area (Å²) >= 11 is 0. The molecule has 124 valence electrons. The van der Waals surface area contributed by atoms with Gasteiger partial charge in [-0.15, -0.1) is 0 Å². The number of rotatable bonds is 2. The van der Waals surface area contributed by atoms with E-state index in [1.807, 2.05) is 0 Å². The van der Waals surface area contributed by atoms with E-state index in [-0.39, 0.29) is 10.8 Å². The summed E-state index contributed by atoms with van der Waals surface area (Å²) in [4.78, 5) is 0. The molecule has 2 aromatic rings. The van der Waals surface area contributed by atoms with Gasteiger partial charge in [-0.1, -0.05) is 69.2 Å². The van der Waals surface area contributed by atoms with E-state index in [4.69, 9.17) is 9.15 Å². The molecule has 0 amide bonds. The number of benzene rings is 1. The maximum atomic E-state index is 5.50. The molecule has 0 spiro atoms. The lowest BCUT2D eigenvalue weighted by molar-refractivity contribution is 0.0557. The van der Waals surface area contributed by atoms with Crippen molar-refractivity contribution in [3.63, 3.8) is 0 Å². The Morgan fingerprint density at radius 1 is 0.591 bits per heavy atom. The first-order chi connectivity index (χ1) is 9.87. The van der Waals surface area contributed by atoms with Crippen LogP contribution >= 0.6 is 0 Å². The van der Waals surface area contributed by atoms with Gasteiger partial charge < -0.3 is 0 Å². The molecule has 0 unspecified atom stereocenters. The molecule has 22 heavy (non-hydrogen) atoms. The van der Waals surface area contributed by atoms with Gasteiger partial charge in [0.05, 0.1) is 0 Å². The highest BCUT2D eigenvalue weighted by molar-refractivity contribution is 5.84. The molecule has 0 saturated heterocycles. The second-order valence-corrected chi connectivity index (χ2v) is 9.21. The van der Waals surface area contributed by atoms with Crippen molar-refractivity contribution < 1.29 is 9.15 Å². The zero-order valence-electron chi connectivity index (χ0n) is 16.0. The van der Waals surface area contributed by atoms with Crippen LogP contribution in [0.25, 0.3) is 11.2 Å². The summed E-state index contributed by atoms with van der Waals surface area (Å²) in [7, 11) is 0. The summed E-state index contributed by atoms with van der Waals surface area (Å²) < 4.78 is 11.0. The van der Waals surface area contributed by atoms with Crippen LogP contribution in [0, 0.1) is 0 Å². The van der Waals surface area contributed by atoms with E-state index in [1.165, 1.54) is 22.3 Å². The third kappa shape index (κ3) is 2.61. The Labute approximate surface area is 135 Å². The number of hydrogen-bond acceptors (Lipinski definition) is 2. The highest BCUT2D eigenvalue weighted by atomic mass is 17.0. The summed E-state index contributed by atoms with van der Waals surface area (Å²) in [6.45, 7) is 22.8. The molecule has 2 heteroatoms. The van der Waals surface area contributed by atoms with Crippen LogP contribution < -0.4 is 0 Å². The second-order valence-electron chi connectivity index (χ2n) is 9.21. The summed E-state index contributed by atoms with van der Waals surface area (Å²) in [5.74, 6) is 0.882. The third-order valence-corrected chi connectivity index (χ3v) is 4.35.